The van der Waals surface area contributed by atoms with Crippen molar-refractivity contribution in [3.8, 4) is 22.9 Å². The molecule has 0 unspecified atom stereocenters. The van der Waals surface area contributed by atoms with Gasteiger partial charge in [-0.3, -0.25) is 9.59 Å². The van der Waals surface area contributed by atoms with E-state index >= 15 is 0 Å². The van der Waals surface area contributed by atoms with E-state index in [9.17, 15) is 9.59 Å². The van der Waals surface area contributed by atoms with Crippen molar-refractivity contribution in [1.29, 1.82) is 5.26 Å². The van der Waals surface area contributed by atoms with Crippen LogP contribution in [0.15, 0.2) is 35.1 Å². The summed E-state index contributed by atoms with van der Waals surface area (Å²) < 4.78 is 5.66. The van der Waals surface area contributed by atoms with Gasteiger partial charge in [-0.15, -0.1) is 0 Å². The fourth-order valence-electron chi connectivity index (χ4n) is 2.21. The number of hydrogen-bond acceptors (Lipinski definition) is 4. The van der Waals surface area contributed by atoms with E-state index in [0.29, 0.717) is 23.4 Å². The molecule has 1 aromatic heterocycles. The normalized spacial score (nSPS) is 10.1. The SMILES string of the molecule is Cc1[nH]c(=O)c(C#N)cc1-c1ccccc1OCCCC(=O)O. The molecule has 0 aliphatic rings. The second-order valence-electron chi connectivity index (χ2n) is 5.00. The molecule has 0 saturated carbocycles. The van der Waals surface area contributed by atoms with Crippen molar-refractivity contribution in [2.24, 2.45) is 0 Å². The molecule has 2 aromatic rings. The molecule has 1 aromatic carbocycles. The van der Waals surface area contributed by atoms with Crippen LogP contribution < -0.4 is 10.3 Å². The van der Waals surface area contributed by atoms with Gasteiger partial charge in [0.15, 0.2) is 0 Å². The molecule has 2 rings (SSSR count). The fourth-order valence-corrected chi connectivity index (χ4v) is 2.21. The predicted octanol–water partition coefficient (Wildman–Crippen LogP) is 2.47. The molecular weight excluding hydrogens is 296 g/mol. The molecule has 0 amide bonds. The molecule has 0 fully saturated rings. The van der Waals surface area contributed by atoms with Gasteiger partial charge in [-0.25, -0.2) is 0 Å². The summed E-state index contributed by atoms with van der Waals surface area (Å²) >= 11 is 0. The van der Waals surface area contributed by atoms with Gasteiger partial charge in [-0.2, -0.15) is 5.26 Å². The van der Waals surface area contributed by atoms with Crippen LogP contribution in [0.4, 0.5) is 0 Å². The highest BCUT2D eigenvalue weighted by atomic mass is 16.5. The van der Waals surface area contributed by atoms with Crippen molar-refractivity contribution < 1.29 is 14.6 Å². The summed E-state index contributed by atoms with van der Waals surface area (Å²) in [5.41, 5.74) is 1.69. The Morgan fingerprint density at radius 1 is 1.35 bits per heavy atom. The van der Waals surface area contributed by atoms with Gasteiger partial charge in [0.05, 0.1) is 6.61 Å². The number of carboxylic acids is 1. The molecule has 6 heteroatoms. The van der Waals surface area contributed by atoms with E-state index in [1.54, 1.807) is 13.0 Å². The van der Waals surface area contributed by atoms with Crippen LogP contribution in [-0.4, -0.2) is 22.7 Å². The minimum absolute atomic E-state index is 0.0336. The Bertz CT molecular complexity index is 818. The van der Waals surface area contributed by atoms with Crippen LogP contribution >= 0.6 is 0 Å². The second kappa shape index (κ2) is 7.27. The predicted molar refractivity (Wildman–Crippen MR) is 84.3 cm³/mol. The molecule has 23 heavy (non-hydrogen) atoms. The number of hydrogen-bond donors (Lipinski definition) is 2. The van der Waals surface area contributed by atoms with E-state index in [4.69, 9.17) is 15.1 Å². The molecule has 118 valence electrons. The minimum atomic E-state index is -0.864. The number of aromatic amines is 1. The highest BCUT2D eigenvalue weighted by Gasteiger charge is 2.12. The van der Waals surface area contributed by atoms with E-state index in [1.165, 1.54) is 6.07 Å². The van der Waals surface area contributed by atoms with Crippen molar-refractivity contribution in [3.05, 3.63) is 51.9 Å². The third-order valence-corrected chi connectivity index (χ3v) is 3.33. The van der Waals surface area contributed by atoms with Crippen LogP contribution in [0.1, 0.15) is 24.1 Å². The van der Waals surface area contributed by atoms with Crippen LogP contribution in [-0.2, 0) is 4.79 Å². The number of rotatable bonds is 6. The number of pyridine rings is 1. The van der Waals surface area contributed by atoms with Crippen LogP contribution in [0, 0.1) is 18.3 Å². The number of carboxylic acid groups (broad SMARTS) is 1. The van der Waals surface area contributed by atoms with E-state index < -0.39 is 11.5 Å². The zero-order valence-electron chi connectivity index (χ0n) is 12.6. The summed E-state index contributed by atoms with van der Waals surface area (Å²) in [6.45, 7) is 2.02. The monoisotopic (exact) mass is 312 g/mol. The van der Waals surface area contributed by atoms with Crippen molar-refractivity contribution >= 4 is 5.97 Å². The molecule has 0 aliphatic heterocycles. The molecule has 0 bridgehead atoms. The minimum Gasteiger partial charge on any atom is -0.493 e. The van der Waals surface area contributed by atoms with E-state index in [0.717, 1.165) is 5.56 Å². The Labute approximate surface area is 133 Å². The Balaban J connectivity index is 2.32. The summed E-state index contributed by atoms with van der Waals surface area (Å²) in [6, 6.07) is 10.6. The highest BCUT2D eigenvalue weighted by molar-refractivity contribution is 5.73. The number of ether oxygens (including phenoxy) is 1. The third kappa shape index (κ3) is 3.98. The van der Waals surface area contributed by atoms with Crippen molar-refractivity contribution in [2.45, 2.75) is 19.8 Å². The van der Waals surface area contributed by atoms with Crippen molar-refractivity contribution in [1.82, 2.24) is 4.98 Å². The Morgan fingerprint density at radius 2 is 2.09 bits per heavy atom. The number of nitriles is 1. The summed E-state index contributed by atoms with van der Waals surface area (Å²) in [6.07, 6.45) is 0.441. The molecule has 0 spiro atoms. The quantitative estimate of drug-likeness (QED) is 0.797. The number of benzene rings is 1. The van der Waals surface area contributed by atoms with Gasteiger partial charge in [0.2, 0.25) is 0 Å². The van der Waals surface area contributed by atoms with Gasteiger partial charge in [-0.1, -0.05) is 18.2 Å². The Kier molecular flexibility index (Phi) is 5.15. The lowest BCUT2D eigenvalue weighted by Gasteiger charge is -2.13. The van der Waals surface area contributed by atoms with E-state index in [2.05, 4.69) is 4.98 Å². The zero-order chi connectivity index (χ0) is 16.8. The Morgan fingerprint density at radius 3 is 2.78 bits per heavy atom. The smallest absolute Gasteiger partial charge is 0.303 e. The third-order valence-electron chi connectivity index (χ3n) is 3.33. The average Bonchev–Trinajstić information content (AvgIpc) is 2.52. The number of aliphatic carboxylic acids is 1. The molecule has 0 radical (unpaired) electrons. The lowest BCUT2D eigenvalue weighted by atomic mass is 10.0. The number of para-hydroxylation sites is 1. The van der Waals surface area contributed by atoms with Gasteiger partial charge < -0.3 is 14.8 Å². The van der Waals surface area contributed by atoms with Gasteiger partial charge in [-0.05, 0) is 25.5 Å². The maximum absolute atomic E-state index is 11.6. The largest absolute Gasteiger partial charge is 0.493 e. The average molecular weight is 312 g/mol. The van der Waals surface area contributed by atoms with Gasteiger partial charge in [0, 0.05) is 23.2 Å². The lowest BCUT2D eigenvalue weighted by Crippen LogP contribution is -2.12. The first-order valence-electron chi connectivity index (χ1n) is 7.11. The fraction of sp³-hybridized carbons (Fsp3) is 0.235. The van der Waals surface area contributed by atoms with Gasteiger partial charge >= 0.3 is 5.97 Å². The number of aromatic nitrogens is 1. The summed E-state index contributed by atoms with van der Waals surface area (Å²) in [7, 11) is 0. The molecule has 0 saturated heterocycles. The van der Waals surface area contributed by atoms with Crippen molar-refractivity contribution in [3.63, 3.8) is 0 Å². The number of carbonyl (C=O) groups is 1. The maximum atomic E-state index is 11.6. The number of aryl methyl sites for hydroxylation is 1. The molecule has 2 N–H and O–H groups in total. The molecule has 1 heterocycles. The maximum Gasteiger partial charge on any atom is 0.303 e. The highest BCUT2D eigenvalue weighted by Crippen LogP contribution is 2.31. The Hall–Kier alpha value is -3.07. The summed E-state index contributed by atoms with van der Waals surface area (Å²) in [4.78, 5) is 24.8. The standard InChI is InChI=1S/C17H16N2O4/c1-11-14(9-12(10-18)17(22)19-11)13-5-2-3-6-15(13)23-8-4-7-16(20)21/h2-3,5-6,9H,4,7-8H2,1H3,(H,19,22)(H,20,21). The number of H-pyrrole nitrogens is 1. The van der Waals surface area contributed by atoms with Gasteiger partial charge in [0.25, 0.3) is 5.56 Å². The first-order chi connectivity index (χ1) is 11.0. The second-order valence-corrected chi connectivity index (χ2v) is 5.00. The number of nitrogens with one attached hydrogen (secondary N) is 1. The van der Waals surface area contributed by atoms with Crippen molar-refractivity contribution in [2.75, 3.05) is 6.61 Å². The summed E-state index contributed by atoms with van der Waals surface area (Å²) in [5, 5.41) is 17.7. The first kappa shape index (κ1) is 16.3. The molecule has 0 aliphatic carbocycles. The van der Waals surface area contributed by atoms with E-state index in [-0.39, 0.29) is 18.6 Å². The topological polar surface area (TPSA) is 103 Å². The van der Waals surface area contributed by atoms with Crippen LogP contribution in [0.2, 0.25) is 0 Å². The number of nitrogens with zero attached hydrogens (tertiary/aromatic N) is 1. The first-order valence-corrected chi connectivity index (χ1v) is 7.11. The molecular formula is C17H16N2O4. The van der Waals surface area contributed by atoms with E-state index in [1.807, 2.05) is 24.3 Å². The molecule has 6 nitrogen and oxygen atoms in total. The molecule has 0 atom stereocenters. The van der Waals surface area contributed by atoms with Crippen LogP contribution in [0.3, 0.4) is 0 Å². The lowest BCUT2D eigenvalue weighted by molar-refractivity contribution is -0.137. The summed E-state index contributed by atoms with van der Waals surface area (Å²) in [5.74, 6) is -0.283. The van der Waals surface area contributed by atoms with Crippen LogP contribution in [0.5, 0.6) is 5.75 Å². The van der Waals surface area contributed by atoms with Crippen LogP contribution in [0.25, 0.3) is 11.1 Å². The van der Waals surface area contributed by atoms with Gasteiger partial charge in [0.1, 0.15) is 17.4 Å². The zero-order valence-corrected chi connectivity index (χ0v) is 12.6.